The maximum Gasteiger partial charge on any atom is 0.308 e. The van der Waals surface area contributed by atoms with E-state index in [4.69, 9.17) is 0 Å². The molecule has 1 N–H and O–H groups in total. The number of aliphatic carboxylic acids is 1. The van der Waals surface area contributed by atoms with E-state index in [2.05, 4.69) is 5.10 Å². The van der Waals surface area contributed by atoms with E-state index in [0.717, 1.165) is 17.0 Å². The minimum atomic E-state index is -0.836. The molecule has 0 saturated carbocycles. The second kappa shape index (κ2) is 7.72. The number of aromatic nitrogens is 2. The molecule has 2 atom stereocenters. The first kappa shape index (κ1) is 18.2. The molecule has 0 bridgehead atoms. The molecule has 3 rings (SSSR count). The Bertz CT molecular complexity index is 785. The Labute approximate surface area is 153 Å². The number of hydrogen-bond donors (Lipinski definition) is 1. The molecule has 6 heteroatoms. The van der Waals surface area contributed by atoms with Gasteiger partial charge in [-0.2, -0.15) is 5.10 Å². The van der Waals surface area contributed by atoms with Gasteiger partial charge in [-0.3, -0.25) is 14.3 Å². The Morgan fingerprint density at radius 1 is 1.19 bits per heavy atom. The molecule has 1 aromatic heterocycles. The summed E-state index contributed by atoms with van der Waals surface area (Å²) in [6.45, 7) is 5.41. The summed E-state index contributed by atoms with van der Waals surface area (Å²) in [5.74, 6) is -1.50. The highest BCUT2D eigenvalue weighted by atomic mass is 16.4. The lowest BCUT2D eigenvalue weighted by atomic mass is 9.89. The highest BCUT2D eigenvalue weighted by molar-refractivity contribution is 5.79. The molecule has 1 aliphatic heterocycles. The summed E-state index contributed by atoms with van der Waals surface area (Å²) in [7, 11) is 0. The Morgan fingerprint density at radius 2 is 1.92 bits per heavy atom. The predicted octanol–water partition coefficient (Wildman–Crippen LogP) is 2.61. The number of rotatable bonds is 6. The van der Waals surface area contributed by atoms with Gasteiger partial charge in [0.25, 0.3) is 0 Å². The topological polar surface area (TPSA) is 75.4 Å². The average molecular weight is 355 g/mol. The number of aryl methyl sites for hydroxylation is 3. The summed E-state index contributed by atoms with van der Waals surface area (Å²) in [5, 5.41) is 14.0. The van der Waals surface area contributed by atoms with Crippen molar-refractivity contribution in [3.8, 4) is 0 Å². The van der Waals surface area contributed by atoms with Gasteiger partial charge >= 0.3 is 5.97 Å². The van der Waals surface area contributed by atoms with Crippen LogP contribution in [0.15, 0.2) is 36.4 Å². The Balaban J connectivity index is 1.59. The van der Waals surface area contributed by atoms with Crippen molar-refractivity contribution < 1.29 is 14.7 Å². The molecule has 1 fully saturated rings. The SMILES string of the molecule is Cc1cc(C)n(CCCC(=O)N2C[C@@H](C(=O)O)[C@H](c3ccccc3)C2)n1. The van der Waals surface area contributed by atoms with E-state index < -0.39 is 11.9 Å². The van der Waals surface area contributed by atoms with Crippen LogP contribution in [-0.4, -0.2) is 44.8 Å². The lowest BCUT2D eigenvalue weighted by Gasteiger charge is -2.16. The third-order valence-corrected chi connectivity index (χ3v) is 5.08. The van der Waals surface area contributed by atoms with E-state index in [0.29, 0.717) is 25.9 Å². The standard InChI is InChI=1S/C20H25N3O3/c1-14-11-15(2)23(21-14)10-6-9-19(24)22-12-17(18(13-22)20(25)26)16-7-4-3-5-8-16/h3-5,7-8,11,17-18H,6,9-10,12-13H2,1-2H3,(H,25,26)/t17-,18+/m0/s1. The number of likely N-dealkylation sites (tertiary alicyclic amines) is 1. The molecular formula is C20H25N3O3. The fourth-order valence-corrected chi connectivity index (χ4v) is 3.74. The van der Waals surface area contributed by atoms with Crippen LogP contribution < -0.4 is 0 Å². The van der Waals surface area contributed by atoms with Crippen LogP contribution in [-0.2, 0) is 16.1 Å². The monoisotopic (exact) mass is 355 g/mol. The summed E-state index contributed by atoms with van der Waals surface area (Å²) in [4.78, 5) is 25.9. The van der Waals surface area contributed by atoms with Gasteiger partial charge in [0.15, 0.2) is 0 Å². The van der Waals surface area contributed by atoms with E-state index in [1.165, 1.54) is 0 Å². The number of carboxylic acid groups (broad SMARTS) is 1. The molecule has 2 aromatic rings. The van der Waals surface area contributed by atoms with Gasteiger partial charge < -0.3 is 10.0 Å². The third-order valence-electron chi connectivity index (χ3n) is 5.08. The Hall–Kier alpha value is -2.63. The van der Waals surface area contributed by atoms with E-state index in [9.17, 15) is 14.7 Å². The first-order valence-electron chi connectivity index (χ1n) is 9.02. The fourth-order valence-electron chi connectivity index (χ4n) is 3.74. The van der Waals surface area contributed by atoms with Crippen molar-refractivity contribution in [3.63, 3.8) is 0 Å². The number of carbonyl (C=O) groups is 2. The number of hydrogen-bond acceptors (Lipinski definition) is 3. The minimum absolute atomic E-state index is 0.0243. The maximum absolute atomic E-state index is 12.6. The first-order chi connectivity index (χ1) is 12.5. The lowest BCUT2D eigenvalue weighted by molar-refractivity contribution is -0.141. The first-order valence-corrected chi connectivity index (χ1v) is 9.02. The van der Waals surface area contributed by atoms with Crippen molar-refractivity contribution in [1.82, 2.24) is 14.7 Å². The van der Waals surface area contributed by atoms with Gasteiger partial charge in [-0.05, 0) is 31.9 Å². The minimum Gasteiger partial charge on any atom is -0.481 e. The second-order valence-electron chi connectivity index (χ2n) is 7.01. The van der Waals surface area contributed by atoms with Crippen LogP contribution in [0.1, 0.15) is 35.7 Å². The number of carbonyl (C=O) groups excluding carboxylic acids is 1. The van der Waals surface area contributed by atoms with Gasteiger partial charge in [-0.15, -0.1) is 0 Å². The smallest absolute Gasteiger partial charge is 0.308 e. The number of benzene rings is 1. The lowest BCUT2D eigenvalue weighted by Crippen LogP contribution is -2.29. The van der Waals surface area contributed by atoms with Crippen molar-refractivity contribution in [2.24, 2.45) is 5.92 Å². The number of amides is 1. The van der Waals surface area contributed by atoms with Gasteiger partial charge in [0.05, 0.1) is 11.6 Å². The molecule has 1 saturated heterocycles. The van der Waals surface area contributed by atoms with Crippen LogP contribution in [0.3, 0.4) is 0 Å². The van der Waals surface area contributed by atoms with Crippen LogP contribution in [0.2, 0.25) is 0 Å². The molecule has 138 valence electrons. The van der Waals surface area contributed by atoms with Gasteiger partial charge in [0.1, 0.15) is 0 Å². The van der Waals surface area contributed by atoms with Crippen molar-refractivity contribution >= 4 is 11.9 Å². The molecule has 0 spiro atoms. The second-order valence-corrected chi connectivity index (χ2v) is 7.01. The zero-order valence-corrected chi connectivity index (χ0v) is 15.3. The van der Waals surface area contributed by atoms with Gasteiger partial charge in [0, 0.05) is 37.7 Å². The summed E-state index contributed by atoms with van der Waals surface area (Å²) in [6.07, 6.45) is 1.11. The predicted molar refractivity (Wildman–Crippen MR) is 97.8 cm³/mol. The molecule has 0 unspecified atom stereocenters. The molecule has 1 amide bonds. The Morgan fingerprint density at radius 3 is 2.54 bits per heavy atom. The van der Waals surface area contributed by atoms with Crippen LogP contribution in [0.25, 0.3) is 0 Å². The molecule has 0 radical (unpaired) electrons. The summed E-state index contributed by atoms with van der Waals surface area (Å²) in [6, 6.07) is 11.6. The zero-order valence-electron chi connectivity index (χ0n) is 15.3. The molecular weight excluding hydrogens is 330 g/mol. The fraction of sp³-hybridized carbons (Fsp3) is 0.450. The third kappa shape index (κ3) is 3.95. The molecule has 6 nitrogen and oxygen atoms in total. The van der Waals surface area contributed by atoms with Crippen molar-refractivity contribution in [2.75, 3.05) is 13.1 Å². The number of nitrogens with zero attached hydrogens (tertiary/aromatic N) is 3. The number of carboxylic acids is 1. The average Bonchev–Trinajstić information content (AvgIpc) is 3.19. The summed E-state index contributed by atoms with van der Waals surface area (Å²) >= 11 is 0. The highest BCUT2D eigenvalue weighted by Gasteiger charge is 2.40. The van der Waals surface area contributed by atoms with Crippen molar-refractivity contribution in [2.45, 2.75) is 39.2 Å². The molecule has 26 heavy (non-hydrogen) atoms. The van der Waals surface area contributed by atoms with Crippen LogP contribution in [0, 0.1) is 19.8 Å². The van der Waals surface area contributed by atoms with E-state index in [-0.39, 0.29) is 18.4 Å². The van der Waals surface area contributed by atoms with Gasteiger partial charge in [-0.1, -0.05) is 30.3 Å². The quantitative estimate of drug-likeness (QED) is 0.864. The van der Waals surface area contributed by atoms with E-state index in [1.807, 2.05) is 54.9 Å². The largest absolute Gasteiger partial charge is 0.481 e. The van der Waals surface area contributed by atoms with Crippen molar-refractivity contribution in [1.29, 1.82) is 0 Å². The van der Waals surface area contributed by atoms with Crippen LogP contribution in [0.5, 0.6) is 0 Å². The van der Waals surface area contributed by atoms with Crippen LogP contribution in [0.4, 0.5) is 0 Å². The molecule has 1 aromatic carbocycles. The highest BCUT2D eigenvalue weighted by Crippen LogP contribution is 2.33. The van der Waals surface area contributed by atoms with E-state index in [1.54, 1.807) is 4.90 Å². The maximum atomic E-state index is 12.6. The van der Waals surface area contributed by atoms with Crippen molar-refractivity contribution in [3.05, 3.63) is 53.3 Å². The zero-order chi connectivity index (χ0) is 18.7. The molecule has 0 aliphatic carbocycles. The Kier molecular flexibility index (Phi) is 5.40. The van der Waals surface area contributed by atoms with Gasteiger partial charge in [-0.25, -0.2) is 0 Å². The summed E-state index contributed by atoms with van der Waals surface area (Å²) < 4.78 is 1.92. The van der Waals surface area contributed by atoms with Crippen LogP contribution >= 0.6 is 0 Å². The van der Waals surface area contributed by atoms with E-state index >= 15 is 0 Å². The normalized spacial score (nSPS) is 19.7. The molecule has 2 heterocycles. The summed E-state index contributed by atoms with van der Waals surface area (Å²) in [5.41, 5.74) is 3.05. The molecule has 1 aliphatic rings. The van der Waals surface area contributed by atoms with Gasteiger partial charge in [0.2, 0.25) is 5.91 Å².